The predicted octanol–water partition coefficient (Wildman–Crippen LogP) is 5.24. The van der Waals surface area contributed by atoms with Crippen molar-refractivity contribution in [2.45, 2.75) is 26.2 Å². The summed E-state index contributed by atoms with van der Waals surface area (Å²) in [6, 6.07) is 17.8. The van der Waals surface area contributed by atoms with E-state index in [4.69, 9.17) is 0 Å². The summed E-state index contributed by atoms with van der Waals surface area (Å²) in [5.74, 6) is 0.0763. The Morgan fingerprint density at radius 1 is 1.04 bits per heavy atom. The Kier molecular flexibility index (Phi) is 4.72. The van der Waals surface area contributed by atoms with E-state index < -0.39 is 0 Å². The SMILES string of the molecule is Cc1c(CCC/C=C/C(=O)c2ccccc2)[nH]c2ccccc12. The van der Waals surface area contributed by atoms with E-state index in [-0.39, 0.29) is 5.78 Å². The molecule has 1 heterocycles. The van der Waals surface area contributed by atoms with Crippen LogP contribution in [0.25, 0.3) is 10.9 Å². The van der Waals surface area contributed by atoms with Gasteiger partial charge in [0.1, 0.15) is 0 Å². The molecular weight excluding hydrogens is 282 g/mol. The minimum absolute atomic E-state index is 0.0763. The number of ketones is 1. The van der Waals surface area contributed by atoms with Crippen LogP contribution in [-0.2, 0) is 6.42 Å². The maximum Gasteiger partial charge on any atom is 0.185 e. The lowest BCUT2D eigenvalue weighted by Crippen LogP contribution is -1.93. The lowest BCUT2D eigenvalue weighted by atomic mass is 10.1. The maximum absolute atomic E-state index is 12.0. The molecule has 0 amide bonds. The van der Waals surface area contributed by atoms with Crippen molar-refractivity contribution in [1.82, 2.24) is 4.98 Å². The van der Waals surface area contributed by atoms with Crippen molar-refractivity contribution in [2.75, 3.05) is 0 Å². The molecule has 2 nitrogen and oxygen atoms in total. The number of aryl methyl sites for hydroxylation is 2. The normalized spacial score (nSPS) is 11.3. The number of allylic oxidation sites excluding steroid dienone is 2. The molecule has 0 aliphatic carbocycles. The molecule has 116 valence electrons. The number of aromatic amines is 1. The number of nitrogens with one attached hydrogen (secondary N) is 1. The van der Waals surface area contributed by atoms with E-state index >= 15 is 0 Å². The standard InChI is InChI=1S/C21H21NO/c1-16-18-12-8-9-14-20(18)22-19(16)13-6-3-7-15-21(23)17-10-4-2-5-11-17/h2,4-5,7-12,14-15,22H,3,6,13H2,1H3/b15-7+. The molecule has 1 aromatic heterocycles. The smallest absolute Gasteiger partial charge is 0.185 e. The van der Waals surface area contributed by atoms with E-state index in [1.54, 1.807) is 6.08 Å². The second-order valence-corrected chi connectivity index (χ2v) is 5.80. The Morgan fingerprint density at radius 3 is 2.57 bits per heavy atom. The van der Waals surface area contributed by atoms with Crippen LogP contribution in [0.1, 0.15) is 34.5 Å². The van der Waals surface area contributed by atoms with Crippen LogP contribution in [0.5, 0.6) is 0 Å². The molecule has 2 aromatic carbocycles. The lowest BCUT2D eigenvalue weighted by Gasteiger charge is -1.98. The Bertz CT molecular complexity index is 827. The number of carbonyl (C=O) groups excluding carboxylic acids is 1. The second-order valence-electron chi connectivity index (χ2n) is 5.80. The molecule has 0 radical (unpaired) electrons. The molecule has 0 aliphatic heterocycles. The van der Waals surface area contributed by atoms with Gasteiger partial charge in [-0.05, 0) is 43.9 Å². The van der Waals surface area contributed by atoms with Crippen molar-refractivity contribution in [3.63, 3.8) is 0 Å². The molecular formula is C21H21NO. The molecule has 2 heteroatoms. The van der Waals surface area contributed by atoms with Gasteiger partial charge in [-0.25, -0.2) is 0 Å². The Morgan fingerprint density at radius 2 is 1.78 bits per heavy atom. The zero-order valence-electron chi connectivity index (χ0n) is 13.4. The summed E-state index contributed by atoms with van der Waals surface area (Å²) in [6.45, 7) is 2.17. The van der Waals surface area contributed by atoms with Gasteiger partial charge in [0.15, 0.2) is 5.78 Å². The molecule has 0 unspecified atom stereocenters. The highest BCUT2D eigenvalue weighted by Gasteiger charge is 2.06. The van der Waals surface area contributed by atoms with Crippen LogP contribution in [0, 0.1) is 6.92 Å². The van der Waals surface area contributed by atoms with Gasteiger partial charge < -0.3 is 4.98 Å². The monoisotopic (exact) mass is 303 g/mol. The third-order valence-corrected chi connectivity index (χ3v) is 4.19. The predicted molar refractivity (Wildman–Crippen MR) is 95.9 cm³/mol. The van der Waals surface area contributed by atoms with E-state index in [2.05, 4.69) is 36.2 Å². The molecule has 0 atom stereocenters. The van der Waals surface area contributed by atoms with Crippen molar-refractivity contribution < 1.29 is 4.79 Å². The van der Waals surface area contributed by atoms with Crippen molar-refractivity contribution in [1.29, 1.82) is 0 Å². The highest BCUT2D eigenvalue weighted by Crippen LogP contribution is 2.22. The summed E-state index contributed by atoms with van der Waals surface area (Å²) in [7, 11) is 0. The Hall–Kier alpha value is -2.61. The van der Waals surface area contributed by atoms with Gasteiger partial charge in [-0.2, -0.15) is 0 Å². The van der Waals surface area contributed by atoms with Crippen LogP contribution in [0.15, 0.2) is 66.7 Å². The first-order chi connectivity index (χ1) is 11.3. The first-order valence-electron chi connectivity index (χ1n) is 8.08. The van der Waals surface area contributed by atoms with Crippen molar-refractivity contribution in [3.05, 3.63) is 83.6 Å². The average molecular weight is 303 g/mol. The Balaban J connectivity index is 1.54. The molecule has 0 spiro atoms. The van der Waals surface area contributed by atoms with Crippen molar-refractivity contribution in [2.24, 2.45) is 0 Å². The van der Waals surface area contributed by atoms with Crippen molar-refractivity contribution in [3.8, 4) is 0 Å². The third kappa shape index (κ3) is 3.59. The molecule has 0 saturated carbocycles. The minimum atomic E-state index is 0.0763. The minimum Gasteiger partial charge on any atom is -0.358 e. The number of benzene rings is 2. The molecule has 3 aromatic rings. The molecule has 0 fully saturated rings. The summed E-state index contributed by atoms with van der Waals surface area (Å²) in [5, 5.41) is 1.30. The first kappa shape index (κ1) is 15.3. The van der Waals surface area contributed by atoms with Crippen molar-refractivity contribution >= 4 is 16.7 Å². The van der Waals surface area contributed by atoms with Gasteiger partial charge in [0.25, 0.3) is 0 Å². The van der Waals surface area contributed by atoms with Gasteiger partial charge in [0.05, 0.1) is 0 Å². The van der Waals surface area contributed by atoms with Crippen LogP contribution in [0.4, 0.5) is 0 Å². The first-order valence-corrected chi connectivity index (χ1v) is 8.08. The van der Waals surface area contributed by atoms with E-state index in [0.717, 1.165) is 24.8 Å². The molecule has 0 saturated heterocycles. The number of para-hydroxylation sites is 1. The van der Waals surface area contributed by atoms with E-state index in [1.165, 1.54) is 22.2 Å². The second kappa shape index (κ2) is 7.10. The van der Waals surface area contributed by atoms with Crippen LogP contribution in [0.3, 0.4) is 0 Å². The number of rotatable bonds is 6. The number of H-pyrrole nitrogens is 1. The molecule has 0 aliphatic rings. The summed E-state index contributed by atoms with van der Waals surface area (Å²) in [5.41, 5.74) is 4.59. The van der Waals surface area contributed by atoms with E-state index in [9.17, 15) is 4.79 Å². The fourth-order valence-electron chi connectivity index (χ4n) is 2.87. The highest BCUT2D eigenvalue weighted by atomic mass is 16.1. The number of unbranched alkanes of at least 4 members (excludes halogenated alkanes) is 1. The van der Waals surface area contributed by atoms with Gasteiger partial charge >= 0.3 is 0 Å². The van der Waals surface area contributed by atoms with E-state index in [1.807, 2.05) is 36.4 Å². The highest BCUT2D eigenvalue weighted by molar-refractivity contribution is 6.04. The number of aromatic nitrogens is 1. The number of fused-ring (bicyclic) bond motifs is 1. The summed E-state index contributed by atoms with van der Waals surface area (Å²) < 4.78 is 0. The van der Waals surface area contributed by atoms with Crippen LogP contribution < -0.4 is 0 Å². The van der Waals surface area contributed by atoms with Crippen LogP contribution in [0.2, 0.25) is 0 Å². The van der Waals surface area contributed by atoms with Gasteiger partial charge in [0.2, 0.25) is 0 Å². The van der Waals surface area contributed by atoms with Gasteiger partial charge in [-0.3, -0.25) is 4.79 Å². The maximum atomic E-state index is 12.0. The quantitative estimate of drug-likeness (QED) is 0.377. The largest absolute Gasteiger partial charge is 0.358 e. The number of carbonyl (C=O) groups is 1. The molecule has 23 heavy (non-hydrogen) atoms. The lowest BCUT2D eigenvalue weighted by molar-refractivity contribution is 0.104. The van der Waals surface area contributed by atoms with Crippen LogP contribution in [-0.4, -0.2) is 10.8 Å². The topological polar surface area (TPSA) is 32.9 Å². The fourth-order valence-corrected chi connectivity index (χ4v) is 2.87. The molecule has 3 rings (SSSR count). The molecule has 1 N–H and O–H groups in total. The summed E-state index contributed by atoms with van der Waals surface area (Å²) in [4.78, 5) is 15.5. The van der Waals surface area contributed by atoms with Gasteiger partial charge in [-0.1, -0.05) is 54.6 Å². The average Bonchev–Trinajstić information content (AvgIpc) is 2.92. The zero-order chi connectivity index (χ0) is 16.1. The third-order valence-electron chi connectivity index (χ3n) is 4.19. The van der Waals surface area contributed by atoms with Crippen LogP contribution >= 0.6 is 0 Å². The Labute approximate surface area is 136 Å². The number of hydrogen-bond donors (Lipinski definition) is 1. The molecule has 0 bridgehead atoms. The summed E-state index contributed by atoms with van der Waals surface area (Å²) >= 11 is 0. The zero-order valence-corrected chi connectivity index (χ0v) is 13.4. The summed E-state index contributed by atoms with van der Waals surface area (Å²) in [6.07, 6.45) is 6.62. The fraction of sp³-hybridized carbons (Fsp3) is 0.190. The van der Waals surface area contributed by atoms with Gasteiger partial charge in [0, 0.05) is 22.2 Å². The van der Waals surface area contributed by atoms with Gasteiger partial charge in [-0.15, -0.1) is 0 Å². The van der Waals surface area contributed by atoms with E-state index in [0.29, 0.717) is 0 Å². The number of hydrogen-bond acceptors (Lipinski definition) is 1.